The third kappa shape index (κ3) is 7.02. The van der Waals surface area contributed by atoms with Crippen LogP contribution in [0.15, 0.2) is 35.9 Å². The Balaban J connectivity index is 1.81. The number of carbonyl (C=O) groups excluding carboxylic acids is 2. The molecule has 238 valence electrons. The summed E-state index contributed by atoms with van der Waals surface area (Å²) in [5, 5.41) is 14.6. The maximum absolute atomic E-state index is 13.7. The second-order valence-corrected chi connectivity index (χ2v) is 12.5. The van der Waals surface area contributed by atoms with Gasteiger partial charge in [-0.25, -0.2) is 14.6 Å². The lowest BCUT2D eigenvalue weighted by Crippen LogP contribution is -2.64. The number of alkyl carbamates (subject to hydrolysis) is 1. The van der Waals surface area contributed by atoms with Crippen molar-refractivity contribution in [1.29, 1.82) is 0 Å². The maximum Gasteiger partial charge on any atom is 0.409 e. The number of benzene rings is 1. The molecule has 2 N–H and O–H groups in total. The highest BCUT2D eigenvalue weighted by Crippen LogP contribution is 2.42. The van der Waals surface area contributed by atoms with Crippen LogP contribution in [0.4, 0.5) is 10.5 Å². The van der Waals surface area contributed by atoms with Crippen LogP contribution in [0.5, 0.6) is 5.75 Å². The zero-order valence-electron chi connectivity index (χ0n) is 26.1. The molecule has 0 spiro atoms. The van der Waals surface area contributed by atoms with Gasteiger partial charge in [-0.3, -0.25) is 15.0 Å². The number of anilines is 1. The lowest BCUT2D eigenvalue weighted by Gasteiger charge is -2.49. The minimum absolute atomic E-state index is 0.0223. The lowest BCUT2D eigenvalue weighted by atomic mass is 9.73. The van der Waals surface area contributed by atoms with Gasteiger partial charge in [0.15, 0.2) is 5.72 Å². The largest absolute Gasteiger partial charge is 0.495 e. The molecular weight excluding hydrogens is 578 g/mol. The van der Waals surface area contributed by atoms with E-state index in [2.05, 4.69) is 5.32 Å². The maximum atomic E-state index is 13.7. The normalized spacial score (nSPS) is 35.9. The monoisotopic (exact) mass is 621 g/mol. The number of hydrogen-bond acceptors (Lipinski definition) is 9. The Kier molecular flexibility index (Phi) is 10.5. The van der Waals surface area contributed by atoms with E-state index >= 15 is 0 Å². The van der Waals surface area contributed by atoms with Crippen molar-refractivity contribution >= 4 is 29.3 Å². The lowest BCUT2D eigenvalue weighted by molar-refractivity contribution is -0.425. The van der Waals surface area contributed by atoms with Crippen molar-refractivity contribution in [2.75, 3.05) is 40.3 Å². The van der Waals surface area contributed by atoms with Crippen LogP contribution in [0.3, 0.4) is 0 Å². The molecular formula is C31H44ClN3O8. The topological polar surface area (TPSA) is 119 Å². The number of nitrogens with zero attached hydrogens (tertiary/aromatic N) is 2. The third-order valence-electron chi connectivity index (χ3n) is 8.88. The number of methoxy groups -OCH3 is 2. The number of hydrogen-bond donors (Lipinski definition) is 2. The predicted molar refractivity (Wildman–Crippen MR) is 162 cm³/mol. The second kappa shape index (κ2) is 13.5. The standard InChI is InChI=1S/C31H44ClN3O8/c1-17-10-9-11-25(40-8)31(38)16-24(41-30(37)33-31)19(3)27-18(2)22(42-43-29(27)34(4)5)15-26(36)35(6)21-13-20(12-17)14-23(39-7)28(21)32/h9-11,13-14,18-19,22,24-25,27,29,38H,12,15-16H2,1-8H3,(H,33,37)/b11-9+,17-10+/t18?,19?,22?,24-,25?,27?,29+,31-/m0/s1. The van der Waals surface area contributed by atoms with E-state index in [1.54, 1.807) is 19.2 Å². The minimum Gasteiger partial charge on any atom is -0.495 e. The highest BCUT2D eigenvalue weighted by molar-refractivity contribution is 6.35. The molecule has 0 aromatic heterocycles. The van der Waals surface area contributed by atoms with Crippen molar-refractivity contribution in [3.63, 3.8) is 0 Å². The second-order valence-electron chi connectivity index (χ2n) is 12.1. The molecule has 8 atom stereocenters. The molecule has 1 aromatic carbocycles. The van der Waals surface area contributed by atoms with Crippen molar-refractivity contribution in [3.8, 4) is 5.75 Å². The van der Waals surface area contributed by atoms with E-state index < -0.39 is 36.4 Å². The summed E-state index contributed by atoms with van der Waals surface area (Å²) in [4.78, 5) is 41.6. The fourth-order valence-electron chi connectivity index (χ4n) is 6.36. The Labute approximate surface area is 258 Å². The van der Waals surface area contributed by atoms with Crippen LogP contribution >= 0.6 is 11.6 Å². The Morgan fingerprint density at radius 2 is 1.84 bits per heavy atom. The van der Waals surface area contributed by atoms with Gasteiger partial charge >= 0.3 is 6.09 Å². The van der Waals surface area contributed by atoms with Gasteiger partial charge in [0.25, 0.3) is 0 Å². The molecule has 11 nitrogen and oxygen atoms in total. The van der Waals surface area contributed by atoms with Crippen molar-refractivity contribution in [2.45, 2.75) is 70.3 Å². The first kappa shape index (κ1) is 33.2. The number of allylic oxidation sites excluding steroid dienone is 3. The van der Waals surface area contributed by atoms with E-state index in [-0.39, 0.29) is 36.5 Å². The molecule has 2 fully saturated rings. The van der Waals surface area contributed by atoms with Gasteiger partial charge in [0.05, 0.1) is 19.2 Å². The van der Waals surface area contributed by atoms with E-state index in [0.717, 1.165) is 11.1 Å². The molecule has 0 aliphatic carbocycles. The van der Waals surface area contributed by atoms with Crippen molar-refractivity contribution in [3.05, 3.63) is 46.5 Å². The molecule has 2 saturated heterocycles. The summed E-state index contributed by atoms with van der Waals surface area (Å²) >= 11 is 6.69. The van der Waals surface area contributed by atoms with Crippen LogP contribution in [-0.4, -0.2) is 87.6 Å². The molecule has 43 heavy (non-hydrogen) atoms. The molecule has 0 saturated carbocycles. The van der Waals surface area contributed by atoms with Crippen LogP contribution in [0, 0.1) is 17.8 Å². The minimum atomic E-state index is -1.72. The number of ether oxygens (including phenoxy) is 3. The first-order valence-electron chi connectivity index (χ1n) is 14.5. The Morgan fingerprint density at radius 1 is 1.14 bits per heavy atom. The molecule has 6 bridgehead atoms. The first-order valence-corrected chi connectivity index (χ1v) is 14.9. The van der Waals surface area contributed by atoms with E-state index in [1.807, 2.05) is 58.0 Å². The Morgan fingerprint density at radius 3 is 2.49 bits per heavy atom. The molecule has 3 heterocycles. The zero-order valence-corrected chi connectivity index (χ0v) is 26.9. The summed E-state index contributed by atoms with van der Waals surface area (Å²) in [5.74, 6) is -0.474. The van der Waals surface area contributed by atoms with Gasteiger partial charge in [0, 0.05) is 32.4 Å². The number of nitrogens with one attached hydrogen (secondary N) is 1. The van der Waals surface area contributed by atoms with Crippen LogP contribution in [-0.2, 0) is 30.5 Å². The fraction of sp³-hybridized carbons (Fsp3) is 0.613. The molecule has 12 heteroatoms. The van der Waals surface area contributed by atoms with Crippen LogP contribution in [0.2, 0.25) is 5.02 Å². The predicted octanol–water partition coefficient (Wildman–Crippen LogP) is 4.07. The van der Waals surface area contributed by atoms with Crippen LogP contribution in [0.1, 0.15) is 39.2 Å². The van der Waals surface area contributed by atoms with Crippen molar-refractivity contribution in [2.24, 2.45) is 17.8 Å². The number of halogens is 1. The van der Waals surface area contributed by atoms with Gasteiger partial charge < -0.3 is 24.2 Å². The number of rotatable bonds is 3. The summed E-state index contributed by atoms with van der Waals surface area (Å²) in [7, 11) is 8.44. The van der Waals surface area contributed by atoms with E-state index in [4.69, 9.17) is 35.6 Å². The SMILES string of the molecule is COc1cc2cc(c1Cl)N(C)C(=O)CC1OO[C@@H](N(C)C)C(C1C)C(C)[C@@H]1C[C@@](O)(NC(=O)O1)C(OC)/C=C/C=C(\C)C2. The van der Waals surface area contributed by atoms with Gasteiger partial charge in [-0.2, -0.15) is 0 Å². The van der Waals surface area contributed by atoms with Gasteiger partial charge in [-0.05, 0) is 51.1 Å². The van der Waals surface area contributed by atoms with E-state index in [0.29, 0.717) is 22.9 Å². The average molecular weight is 622 g/mol. The van der Waals surface area contributed by atoms with Gasteiger partial charge in [-0.1, -0.05) is 49.2 Å². The molecule has 3 aliphatic heterocycles. The zero-order chi connectivity index (χ0) is 31.6. The summed E-state index contributed by atoms with van der Waals surface area (Å²) in [5.41, 5.74) is 0.691. The number of amides is 2. The third-order valence-corrected chi connectivity index (χ3v) is 9.26. The molecule has 1 aromatic rings. The van der Waals surface area contributed by atoms with Crippen molar-refractivity contribution < 1.29 is 38.7 Å². The van der Waals surface area contributed by atoms with Gasteiger partial charge in [0.1, 0.15) is 35.3 Å². The Bertz CT molecular complexity index is 1260. The molecule has 4 rings (SSSR count). The summed E-state index contributed by atoms with van der Waals surface area (Å²) in [6.45, 7) is 5.93. The Hall–Kier alpha value is -2.67. The fourth-order valence-corrected chi connectivity index (χ4v) is 6.67. The molecule has 2 amide bonds. The first-order chi connectivity index (χ1) is 20.3. The number of fused-ring (bicyclic) bond motifs is 6. The van der Waals surface area contributed by atoms with Crippen molar-refractivity contribution in [1.82, 2.24) is 10.2 Å². The molecule has 0 radical (unpaired) electrons. The summed E-state index contributed by atoms with van der Waals surface area (Å²) in [6, 6.07) is 3.73. The van der Waals surface area contributed by atoms with E-state index in [1.165, 1.54) is 19.1 Å². The summed E-state index contributed by atoms with van der Waals surface area (Å²) in [6.07, 6.45) is 2.70. The molecule has 5 unspecified atom stereocenters. The highest BCUT2D eigenvalue weighted by atomic mass is 35.5. The number of aliphatic hydroxyl groups is 1. The molecule has 3 aliphatic rings. The van der Waals surface area contributed by atoms with E-state index in [9.17, 15) is 14.7 Å². The smallest absolute Gasteiger partial charge is 0.409 e. The average Bonchev–Trinajstić information content (AvgIpc) is 2.95. The van der Waals surface area contributed by atoms with Gasteiger partial charge in [-0.15, -0.1) is 0 Å². The highest BCUT2D eigenvalue weighted by Gasteiger charge is 2.52. The quantitative estimate of drug-likeness (QED) is 0.482. The van der Waals surface area contributed by atoms with Crippen LogP contribution < -0.4 is 15.0 Å². The van der Waals surface area contributed by atoms with Crippen LogP contribution in [0.25, 0.3) is 0 Å². The van der Waals surface area contributed by atoms with Gasteiger partial charge in [0.2, 0.25) is 5.91 Å². The number of carbonyl (C=O) groups is 2. The summed E-state index contributed by atoms with van der Waals surface area (Å²) < 4.78 is 17.0.